The highest BCUT2D eigenvalue weighted by Crippen LogP contribution is 2.07. The van der Waals surface area contributed by atoms with E-state index in [0.717, 1.165) is 13.0 Å². The van der Waals surface area contributed by atoms with Gasteiger partial charge in [-0.3, -0.25) is 9.59 Å². The highest BCUT2D eigenvalue weighted by molar-refractivity contribution is 5.83. The normalized spacial score (nSPS) is 19.9. The molecule has 1 aliphatic heterocycles. The number of amides is 2. The first-order valence-electron chi connectivity index (χ1n) is 5.43. The van der Waals surface area contributed by atoms with Crippen LogP contribution in [0.5, 0.6) is 0 Å². The van der Waals surface area contributed by atoms with E-state index in [1.165, 1.54) is 19.8 Å². The van der Waals surface area contributed by atoms with Crippen molar-refractivity contribution in [1.29, 1.82) is 0 Å². The summed E-state index contributed by atoms with van der Waals surface area (Å²) in [5, 5.41) is 8.59. The molecule has 0 aromatic carbocycles. The summed E-state index contributed by atoms with van der Waals surface area (Å²) in [6.45, 7) is 3.24. The molecule has 86 valence electrons. The molecule has 0 bridgehead atoms. The summed E-state index contributed by atoms with van der Waals surface area (Å²) in [4.78, 5) is 21.7. The van der Waals surface area contributed by atoms with E-state index in [9.17, 15) is 9.59 Å². The topological polar surface area (TPSA) is 70.2 Å². The molecule has 0 aromatic heterocycles. The van der Waals surface area contributed by atoms with Crippen LogP contribution < -0.4 is 16.0 Å². The first-order valence-corrected chi connectivity index (χ1v) is 5.43. The lowest BCUT2D eigenvalue weighted by Gasteiger charge is -2.10. The van der Waals surface area contributed by atoms with Gasteiger partial charge in [-0.2, -0.15) is 0 Å². The Bertz CT molecular complexity index is 225. The Morgan fingerprint density at radius 1 is 1.40 bits per heavy atom. The molecule has 0 spiro atoms. The third kappa shape index (κ3) is 5.37. The number of rotatable bonds is 5. The number of carbonyl (C=O) groups is 2. The Morgan fingerprint density at radius 2 is 2.20 bits per heavy atom. The molecule has 0 radical (unpaired) electrons. The molecule has 0 saturated carbocycles. The van der Waals surface area contributed by atoms with E-state index in [1.807, 2.05) is 0 Å². The van der Waals surface area contributed by atoms with Crippen LogP contribution in [0.4, 0.5) is 0 Å². The fraction of sp³-hybridized carbons (Fsp3) is 0.800. The van der Waals surface area contributed by atoms with Crippen LogP contribution >= 0.6 is 0 Å². The van der Waals surface area contributed by atoms with Gasteiger partial charge < -0.3 is 16.0 Å². The van der Waals surface area contributed by atoms with Crippen molar-refractivity contribution < 1.29 is 9.59 Å². The zero-order valence-corrected chi connectivity index (χ0v) is 9.14. The van der Waals surface area contributed by atoms with Gasteiger partial charge in [0.2, 0.25) is 11.8 Å². The summed E-state index contributed by atoms with van der Waals surface area (Å²) in [7, 11) is 0. The molecule has 1 aliphatic rings. The van der Waals surface area contributed by atoms with Crippen molar-refractivity contribution in [3.05, 3.63) is 0 Å². The average Bonchev–Trinajstić information content (AvgIpc) is 2.67. The molecule has 5 nitrogen and oxygen atoms in total. The molecule has 0 aliphatic carbocycles. The van der Waals surface area contributed by atoms with Crippen molar-refractivity contribution in [2.24, 2.45) is 0 Å². The Hall–Kier alpha value is -1.10. The van der Waals surface area contributed by atoms with E-state index in [-0.39, 0.29) is 18.4 Å². The molecule has 1 saturated heterocycles. The second-order valence-electron chi connectivity index (χ2n) is 3.84. The number of carbonyl (C=O) groups excluding carboxylic acids is 2. The minimum Gasteiger partial charge on any atom is -0.355 e. The molecule has 3 N–H and O–H groups in total. The number of hydrogen-bond donors (Lipinski definition) is 3. The minimum atomic E-state index is -0.178. The molecule has 1 rings (SSSR count). The van der Waals surface area contributed by atoms with Gasteiger partial charge in [0, 0.05) is 19.5 Å². The lowest BCUT2D eigenvalue weighted by Crippen LogP contribution is -2.37. The largest absolute Gasteiger partial charge is 0.355 e. The van der Waals surface area contributed by atoms with Crippen molar-refractivity contribution in [3.63, 3.8) is 0 Å². The zero-order valence-electron chi connectivity index (χ0n) is 9.14. The predicted molar refractivity (Wildman–Crippen MR) is 57.3 cm³/mol. The van der Waals surface area contributed by atoms with Crippen LogP contribution in [0.15, 0.2) is 0 Å². The average molecular weight is 213 g/mol. The van der Waals surface area contributed by atoms with Crippen molar-refractivity contribution in [2.45, 2.75) is 32.2 Å². The molecule has 5 heteroatoms. The molecule has 0 aromatic rings. The maximum Gasteiger partial charge on any atom is 0.239 e. The Labute approximate surface area is 90.0 Å². The molecule has 1 heterocycles. The molecular formula is C10H19N3O2. The molecule has 1 fully saturated rings. The summed E-state index contributed by atoms with van der Waals surface area (Å²) >= 11 is 0. The van der Waals surface area contributed by atoms with E-state index < -0.39 is 0 Å². The maximum atomic E-state index is 11.2. The molecule has 1 unspecified atom stereocenters. The van der Waals surface area contributed by atoms with Crippen molar-refractivity contribution in [1.82, 2.24) is 16.0 Å². The van der Waals surface area contributed by atoms with Crippen LogP contribution in [0.2, 0.25) is 0 Å². The SMILES string of the molecule is CC(=O)NCC(=O)NCCC1CCCN1. The van der Waals surface area contributed by atoms with Gasteiger partial charge in [0.25, 0.3) is 0 Å². The number of hydrogen-bond acceptors (Lipinski definition) is 3. The van der Waals surface area contributed by atoms with E-state index in [1.54, 1.807) is 0 Å². The van der Waals surface area contributed by atoms with Crippen LogP contribution in [-0.2, 0) is 9.59 Å². The van der Waals surface area contributed by atoms with Crippen LogP contribution in [-0.4, -0.2) is 37.5 Å². The summed E-state index contributed by atoms with van der Waals surface area (Å²) in [5.74, 6) is -0.300. The third-order valence-electron chi connectivity index (χ3n) is 2.48. The number of nitrogens with one attached hydrogen (secondary N) is 3. The van der Waals surface area contributed by atoms with E-state index >= 15 is 0 Å². The smallest absolute Gasteiger partial charge is 0.239 e. The highest BCUT2D eigenvalue weighted by Gasteiger charge is 2.13. The quantitative estimate of drug-likeness (QED) is 0.570. The van der Waals surface area contributed by atoms with Gasteiger partial charge >= 0.3 is 0 Å². The summed E-state index contributed by atoms with van der Waals surface area (Å²) in [6, 6.07) is 0.547. The summed E-state index contributed by atoms with van der Waals surface area (Å²) in [5.41, 5.74) is 0. The van der Waals surface area contributed by atoms with Crippen molar-refractivity contribution in [3.8, 4) is 0 Å². The minimum absolute atomic E-state index is 0.0768. The van der Waals surface area contributed by atoms with Crippen molar-refractivity contribution in [2.75, 3.05) is 19.6 Å². The van der Waals surface area contributed by atoms with Gasteiger partial charge in [-0.1, -0.05) is 0 Å². The predicted octanol–water partition coefficient (Wildman–Crippen LogP) is -0.619. The van der Waals surface area contributed by atoms with Gasteiger partial charge in [-0.25, -0.2) is 0 Å². The molecule has 2 amide bonds. The third-order valence-corrected chi connectivity index (χ3v) is 2.48. The summed E-state index contributed by atoms with van der Waals surface area (Å²) in [6.07, 6.45) is 3.39. The second-order valence-corrected chi connectivity index (χ2v) is 3.84. The fourth-order valence-electron chi connectivity index (χ4n) is 1.66. The van der Waals surface area contributed by atoms with Crippen LogP contribution in [0, 0.1) is 0 Å². The second kappa shape index (κ2) is 6.40. The van der Waals surface area contributed by atoms with Crippen LogP contribution in [0.25, 0.3) is 0 Å². The van der Waals surface area contributed by atoms with Gasteiger partial charge in [0.05, 0.1) is 6.54 Å². The van der Waals surface area contributed by atoms with Crippen LogP contribution in [0.3, 0.4) is 0 Å². The molecular weight excluding hydrogens is 194 g/mol. The summed E-state index contributed by atoms with van der Waals surface area (Å²) < 4.78 is 0. The van der Waals surface area contributed by atoms with E-state index in [0.29, 0.717) is 12.6 Å². The Morgan fingerprint density at radius 3 is 2.80 bits per heavy atom. The molecule has 15 heavy (non-hydrogen) atoms. The van der Waals surface area contributed by atoms with Gasteiger partial charge in [-0.15, -0.1) is 0 Å². The first kappa shape index (κ1) is 12.0. The Kier molecular flexibility index (Phi) is 5.10. The van der Waals surface area contributed by atoms with Crippen LogP contribution in [0.1, 0.15) is 26.2 Å². The monoisotopic (exact) mass is 213 g/mol. The maximum absolute atomic E-state index is 11.2. The standard InChI is InChI=1S/C10H19N3O2/c1-8(14)13-7-10(15)12-6-4-9-3-2-5-11-9/h9,11H,2-7H2,1H3,(H,12,15)(H,13,14). The van der Waals surface area contributed by atoms with Gasteiger partial charge in [0.15, 0.2) is 0 Å². The van der Waals surface area contributed by atoms with Crippen molar-refractivity contribution >= 4 is 11.8 Å². The zero-order chi connectivity index (χ0) is 11.1. The fourth-order valence-corrected chi connectivity index (χ4v) is 1.66. The van der Waals surface area contributed by atoms with Gasteiger partial charge in [-0.05, 0) is 25.8 Å². The lowest BCUT2D eigenvalue weighted by molar-refractivity contribution is -0.125. The molecule has 1 atom stereocenters. The van der Waals surface area contributed by atoms with E-state index in [2.05, 4.69) is 16.0 Å². The lowest BCUT2D eigenvalue weighted by atomic mass is 10.1. The van der Waals surface area contributed by atoms with E-state index in [4.69, 9.17) is 0 Å². The highest BCUT2D eigenvalue weighted by atomic mass is 16.2. The van der Waals surface area contributed by atoms with Gasteiger partial charge in [0.1, 0.15) is 0 Å². The Balaban J connectivity index is 1.98. The first-order chi connectivity index (χ1) is 7.18.